The van der Waals surface area contributed by atoms with Crippen molar-refractivity contribution in [2.24, 2.45) is 11.7 Å². The number of carbonyl (C=O) groups excluding carboxylic acids is 4. The number of likely N-dealkylation sites (tertiary alicyclic amines) is 1. The molecule has 1 saturated heterocycles. The number of amides is 4. The van der Waals surface area contributed by atoms with Crippen LogP contribution < -0.4 is 26.6 Å². The molecule has 206 valence electrons. The zero-order valence-corrected chi connectivity index (χ0v) is 23.0. The van der Waals surface area contributed by atoms with Gasteiger partial charge < -0.3 is 26.2 Å². The predicted octanol–water partition coefficient (Wildman–Crippen LogP) is 1.51. The van der Waals surface area contributed by atoms with E-state index in [4.69, 9.17) is 28.9 Å². The van der Waals surface area contributed by atoms with Crippen LogP contribution in [0.1, 0.15) is 33.1 Å². The van der Waals surface area contributed by atoms with E-state index >= 15 is 0 Å². The first kappa shape index (κ1) is 30.7. The van der Waals surface area contributed by atoms with E-state index < -0.39 is 29.8 Å². The number of hydrogen-bond donors (Lipinski definition) is 4. The Kier molecular flexibility index (Phi) is 13.0. The van der Waals surface area contributed by atoms with E-state index in [1.54, 1.807) is 0 Å². The first-order chi connectivity index (χ1) is 17.7. The average Bonchev–Trinajstić information content (AvgIpc) is 3.36. The van der Waals surface area contributed by atoms with Crippen molar-refractivity contribution in [1.29, 1.82) is 0 Å². The molecule has 0 spiro atoms. The zero-order chi connectivity index (χ0) is 27.4. The summed E-state index contributed by atoms with van der Waals surface area (Å²) in [5, 5.41) is 7.90. The molecule has 0 aromatic heterocycles. The van der Waals surface area contributed by atoms with Crippen molar-refractivity contribution >= 4 is 58.2 Å². The average molecular weight is 558 g/mol. The summed E-state index contributed by atoms with van der Waals surface area (Å²) in [6.45, 7) is 5.29. The number of nitrogens with zero attached hydrogens (tertiary/aromatic N) is 2. The Morgan fingerprint density at radius 1 is 1.08 bits per heavy atom. The van der Waals surface area contributed by atoms with Gasteiger partial charge in [-0.05, 0) is 49.4 Å². The topological polar surface area (TPSA) is 137 Å². The van der Waals surface area contributed by atoms with Gasteiger partial charge in [0.25, 0.3) is 0 Å². The van der Waals surface area contributed by atoms with Crippen molar-refractivity contribution < 1.29 is 19.2 Å². The van der Waals surface area contributed by atoms with Gasteiger partial charge in [0.2, 0.25) is 23.6 Å². The SMILES string of the molecule is CC(C)C[C@H](N)C(=O)NCC(=O)N1CCC[C@H]1C(=O)NC(=O)CNc1ccc(N(CCCl)CCCl)cc1. The Hall–Kier alpha value is -2.56. The smallest absolute Gasteiger partial charge is 0.249 e. The van der Waals surface area contributed by atoms with Crippen molar-refractivity contribution in [3.63, 3.8) is 0 Å². The van der Waals surface area contributed by atoms with Gasteiger partial charge in [-0.2, -0.15) is 0 Å². The molecule has 37 heavy (non-hydrogen) atoms. The molecule has 1 aliphatic heterocycles. The normalized spacial score (nSPS) is 15.8. The summed E-state index contributed by atoms with van der Waals surface area (Å²) >= 11 is 11.7. The lowest BCUT2D eigenvalue weighted by Gasteiger charge is -2.24. The number of nitrogens with one attached hydrogen (secondary N) is 3. The number of alkyl halides is 2. The van der Waals surface area contributed by atoms with E-state index in [-0.39, 0.29) is 24.9 Å². The second-order valence-corrected chi connectivity index (χ2v) is 10.1. The van der Waals surface area contributed by atoms with Gasteiger partial charge in [-0.15, -0.1) is 23.2 Å². The van der Waals surface area contributed by atoms with Crippen molar-refractivity contribution in [2.45, 2.75) is 45.2 Å². The fourth-order valence-electron chi connectivity index (χ4n) is 4.16. The highest BCUT2D eigenvalue weighted by atomic mass is 35.5. The first-order valence-corrected chi connectivity index (χ1v) is 13.6. The summed E-state index contributed by atoms with van der Waals surface area (Å²) in [6, 6.07) is 6.02. The van der Waals surface area contributed by atoms with E-state index in [0.717, 1.165) is 5.69 Å². The maximum absolute atomic E-state index is 12.7. The maximum Gasteiger partial charge on any atom is 0.249 e. The number of halogens is 2. The Balaban J connectivity index is 1.82. The highest BCUT2D eigenvalue weighted by Gasteiger charge is 2.34. The molecule has 0 bridgehead atoms. The van der Waals surface area contributed by atoms with Crippen LogP contribution in [0.5, 0.6) is 0 Å². The molecular weight excluding hydrogens is 519 g/mol. The minimum absolute atomic E-state index is 0.109. The predicted molar refractivity (Wildman–Crippen MR) is 147 cm³/mol. The number of anilines is 2. The third-order valence-corrected chi connectivity index (χ3v) is 6.35. The molecule has 1 aliphatic rings. The van der Waals surface area contributed by atoms with E-state index in [2.05, 4.69) is 20.9 Å². The van der Waals surface area contributed by atoms with Crippen LogP contribution in [0.25, 0.3) is 0 Å². The second kappa shape index (κ2) is 15.6. The molecule has 1 heterocycles. The fraction of sp³-hybridized carbons (Fsp3) is 0.600. The zero-order valence-electron chi connectivity index (χ0n) is 21.5. The molecule has 1 aromatic rings. The van der Waals surface area contributed by atoms with Gasteiger partial charge in [-0.3, -0.25) is 24.5 Å². The highest BCUT2D eigenvalue weighted by molar-refractivity contribution is 6.18. The summed E-state index contributed by atoms with van der Waals surface area (Å²) in [6.07, 6.45) is 1.59. The summed E-state index contributed by atoms with van der Waals surface area (Å²) < 4.78 is 0. The highest BCUT2D eigenvalue weighted by Crippen LogP contribution is 2.19. The Bertz CT molecular complexity index is 909. The minimum Gasteiger partial charge on any atom is -0.376 e. The van der Waals surface area contributed by atoms with Crippen LogP contribution in [0.3, 0.4) is 0 Å². The van der Waals surface area contributed by atoms with Gasteiger partial charge in [0.05, 0.1) is 19.1 Å². The Morgan fingerprint density at radius 3 is 2.32 bits per heavy atom. The maximum atomic E-state index is 12.7. The van der Waals surface area contributed by atoms with Gasteiger partial charge in [0.15, 0.2) is 0 Å². The van der Waals surface area contributed by atoms with E-state index in [9.17, 15) is 19.2 Å². The Morgan fingerprint density at radius 2 is 1.73 bits per heavy atom. The Labute approximate surface area is 228 Å². The molecule has 2 atom stereocenters. The lowest BCUT2D eigenvalue weighted by atomic mass is 10.0. The second-order valence-electron chi connectivity index (χ2n) is 9.38. The standard InChI is InChI=1S/C25H38Cl2N6O4/c1-17(2)14-20(28)24(36)30-16-23(35)33-11-3-4-21(33)25(37)31-22(34)15-29-18-5-7-19(8-6-18)32(12-9-26)13-10-27/h5-8,17,20-21,29H,3-4,9-16,28H2,1-2H3,(H,30,36)(H,31,34,37)/t20-,21-/m0/s1. The van der Waals surface area contributed by atoms with Crippen molar-refractivity contribution in [1.82, 2.24) is 15.5 Å². The quantitative estimate of drug-likeness (QED) is 0.255. The van der Waals surface area contributed by atoms with Crippen LogP contribution in [-0.4, -0.2) is 85.1 Å². The van der Waals surface area contributed by atoms with E-state index in [1.165, 1.54) is 4.90 Å². The largest absolute Gasteiger partial charge is 0.376 e. The molecule has 0 aliphatic carbocycles. The molecule has 5 N–H and O–H groups in total. The van der Waals surface area contributed by atoms with Crippen LogP contribution in [-0.2, 0) is 19.2 Å². The summed E-state index contributed by atoms with van der Waals surface area (Å²) in [5.41, 5.74) is 7.53. The molecule has 0 unspecified atom stereocenters. The van der Waals surface area contributed by atoms with Gasteiger partial charge >= 0.3 is 0 Å². The van der Waals surface area contributed by atoms with Gasteiger partial charge in [0, 0.05) is 42.8 Å². The molecule has 12 heteroatoms. The first-order valence-electron chi connectivity index (χ1n) is 12.5. The van der Waals surface area contributed by atoms with Crippen LogP contribution in [0.2, 0.25) is 0 Å². The van der Waals surface area contributed by atoms with Crippen LogP contribution >= 0.6 is 23.2 Å². The number of imide groups is 1. The third kappa shape index (κ3) is 10.0. The van der Waals surface area contributed by atoms with E-state index in [0.29, 0.717) is 56.3 Å². The van der Waals surface area contributed by atoms with Crippen LogP contribution in [0.15, 0.2) is 24.3 Å². The number of hydrogen-bond acceptors (Lipinski definition) is 7. The lowest BCUT2D eigenvalue weighted by Crippen LogP contribution is -2.52. The van der Waals surface area contributed by atoms with Gasteiger partial charge in [-0.1, -0.05) is 13.8 Å². The number of rotatable bonds is 14. The van der Waals surface area contributed by atoms with Crippen LogP contribution in [0, 0.1) is 5.92 Å². The summed E-state index contributed by atoms with van der Waals surface area (Å²) in [7, 11) is 0. The number of carbonyl (C=O) groups is 4. The lowest BCUT2D eigenvalue weighted by molar-refractivity contribution is -0.140. The third-order valence-electron chi connectivity index (χ3n) is 6.01. The molecule has 1 aromatic carbocycles. The molecule has 4 amide bonds. The molecule has 10 nitrogen and oxygen atoms in total. The van der Waals surface area contributed by atoms with Gasteiger partial charge in [0.1, 0.15) is 6.04 Å². The summed E-state index contributed by atoms with van der Waals surface area (Å²) in [5.74, 6) is -0.608. The van der Waals surface area contributed by atoms with E-state index in [1.807, 2.05) is 38.1 Å². The van der Waals surface area contributed by atoms with Crippen molar-refractivity contribution in [3.05, 3.63) is 24.3 Å². The monoisotopic (exact) mass is 556 g/mol. The molecule has 1 fully saturated rings. The van der Waals surface area contributed by atoms with Crippen molar-refractivity contribution in [3.8, 4) is 0 Å². The summed E-state index contributed by atoms with van der Waals surface area (Å²) in [4.78, 5) is 53.3. The molecule has 2 rings (SSSR count). The number of nitrogens with two attached hydrogens (primary N) is 1. The fourth-order valence-corrected chi connectivity index (χ4v) is 4.57. The molecule has 0 saturated carbocycles. The minimum atomic E-state index is -0.758. The molecular formula is C25H38Cl2N6O4. The molecule has 0 radical (unpaired) electrons. The van der Waals surface area contributed by atoms with Gasteiger partial charge in [-0.25, -0.2) is 0 Å². The number of benzene rings is 1. The van der Waals surface area contributed by atoms with Crippen molar-refractivity contribution in [2.75, 3.05) is 54.7 Å². The van der Waals surface area contributed by atoms with Crippen LogP contribution in [0.4, 0.5) is 11.4 Å².